The van der Waals surface area contributed by atoms with E-state index in [-0.39, 0.29) is 25.0 Å². The van der Waals surface area contributed by atoms with Gasteiger partial charge in [-0.25, -0.2) is 20.0 Å². The van der Waals surface area contributed by atoms with Gasteiger partial charge in [-0.1, -0.05) is 33.6 Å². The number of nitrogens with zero attached hydrogens (tertiary/aromatic N) is 4. The lowest BCUT2D eigenvalue weighted by atomic mass is 10.1. The van der Waals surface area contributed by atoms with Gasteiger partial charge >= 0.3 is 0 Å². The van der Waals surface area contributed by atoms with Crippen molar-refractivity contribution in [3.05, 3.63) is 12.7 Å². The zero-order valence-corrected chi connectivity index (χ0v) is 19.2. The van der Waals surface area contributed by atoms with Gasteiger partial charge in [-0.15, -0.1) is 0 Å². The maximum atomic E-state index is 13.2. The fourth-order valence-electron chi connectivity index (χ4n) is 3.35. The number of rotatable bonds is 11. The van der Waals surface area contributed by atoms with Crippen LogP contribution < -0.4 is 10.8 Å². The van der Waals surface area contributed by atoms with Gasteiger partial charge in [0.05, 0.1) is 25.5 Å². The summed E-state index contributed by atoms with van der Waals surface area (Å²) >= 11 is 0. The number of imidazole rings is 1. The van der Waals surface area contributed by atoms with Crippen molar-refractivity contribution < 1.29 is 23.7 Å². The second kappa shape index (κ2) is 10.8. The van der Waals surface area contributed by atoms with Crippen molar-refractivity contribution in [1.29, 1.82) is 0 Å². The van der Waals surface area contributed by atoms with Gasteiger partial charge in [-0.2, -0.15) is 0 Å². The molecule has 0 amide bonds. The fraction of sp³-hybridized carbons (Fsp3) is 0.737. The molecule has 1 aliphatic rings. The van der Waals surface area contributed by atoms with Gasteiger partial charge < -0.3 is 29.4 Å². The molecule has 2 aromatic heterocycles. The molecule has 0 aliphatic carbocycles. The van der Waals surface area contributed by atoms with Crippen LogP contribution in [0, 0.1) is 5.92 Å². The molecule has 0 aromatic carbocycles. The Hall–Kier alpha value is -1.62. The lowest BCUT2D eigenvalue weighted by Gasteiger charge is -2.35. The smallest absolute Gasteiger partial charge is 0.295 e. The van der Waals surface area contributed by atoms with Crippen LogP contribution in [0.2, 0.25) is 0 Å². The summed E-state index contributed by atoms with van der Waals surface area (Å²) in [6.07, 6.45) is 4.47. The lowest BCUT2D eigenvalue weighted by molar-refractivity contribution is -0.125. The third-order valence-corrected chi connectivity index (χ3v) is 6.93. The Bertz CT molecular complexity index is 882. The Kier molecular flexibility index (Phi) is 8.37. The topological polar surface area (TPSA) is 147 Å². The monoisotopic (exact) mass is 456 g/mol. The zero-order valence-electron chi connectivity index (χ0n) is 18.3. The van der Waals surface area contributed by atoms with E-state index < -0.39 is 19.9 Å². The number of nitrogens with two attached hydrogens (primary N) is 1. The molecule has 3 heterocycles. The molecule has 174 valence electrons. The Morgan fingerprint density at radius 2 is 2.19 bits per heavy atom. The van der Waals surface area contributed by atoms with Gasteiger partial charge in [-0.05, 0) is 12.3 Å². The van der Waals surface area contributed by atoms with Crippen molar-refractivity contribution in [2.45, 2.75) is 65.0 Å². The average Bonchev–Trinajstić information content (AvgIpc) is 3.15. The Balaban J connectivity index is 1.55. The van der Waals surface area contributed by atoms with E-state index in [4.69, 9.17) is 19.7 Å². The predicted octanol–water partition coefficient (Wildman–Crippen LogP) is 2.11. The summed E-state index contributed by atoms with van der Waals surface area (Å²) in [5.41, 5.74) is 6.95. The molecule has 12 heteroatoms. The molecule has 4 N–H and O–H groups in total. The van der Waals surface area contributed by atoms with E-state index in [9.17, 15) is 9.67 Å². The quantitative estimate of drug-likeness (QED) is 0.261. The van der Waals surface area contributed by atoms with Crippen molar-refractivity contribution in [3.63, 3.8) is 0 Å². The molecular formula is C19H33N6O5P. The highest BCUT2D eigenvalue weighted by atomic mass is 31.2. The summed E-state index contributed by atoms with van der Waals surface area (Å²) in [4.78, 5) is 12.4. The Morgan fingerprint density at radius 3 is 2.87 bits per heavy atom. The summed E-state index contributed by atoms with van der Waals surface area (Å²) in [5, 5.41) is 13.4. The third-order valence-electron chi connectivity index (χ3n) is 5.19. The summed E-state index contributed by atoms with van der Waals surface area (Å²) in [5.74, 6) is 0.296. The number of fused-ring (bicyclic) bond motifs is 1. The van der Waals surface area contributed by atoms with E-state index >= 15 is 0 Å². The number of aliphatic hydroxyl groups excluding tert-OH is 1. The van der Waals surface area contributed by atoms with E-state index in [0.29, 0.717) is 30.1 Å². The number of hydrogen-bond acceptors (Lipinski definition) is 9. The average molecular weight is 456 g/mol. The minimum atomic E-state index is -3.29. The minimum Gasteiger partial charge on any atom is -0.382 e. The second-order valence-corrected chi connectivity index (χ2v) is 10.2. The van der Waals surface area contributed by atoms with Crippen LogP contribution >= 0.6 is 7.52 Å². The first-order chi connectivity index (χ1) is 14.8. The summed E-state index contributed by atoms with van der Waals surface area (Å²) < 4.78 is 32.0. The molecule has 31 heavy (non-hydrogen) atoms. The van der Waals surface area contributed by atoms with Crippen LogP contribution in [0.5, 0.6) is 0 Å². The Labute approximate surface area is 182 Å². The molecule has 2 aromatic rings. The highest BCUT2D eigenvalue weighted by molar-refractivity contribution is 7.56. The predicted molar refractivity (Wildman–Crippen MR) is 116 cm³/mol. The van der Waals surface area contributed by atoms with Crippen LogP contribution in [0.3, 0.4) is 0 Å². The minimum absolute atomic E-state index is 0.0178. The molecule has 2 unspecified atom stereocenters. The van der Waals surface area contributed by atoms with Crippen molar-refractivity contribution in [2.24, 2.45) is 5.92 Å². The van der Waals surface area contributed by atoms with Crippen molar-refractivity contribution in [2.75, 3.05) is 25.3 Å². The number of nitrogens with one attached hydrogen (secondary N) is 1. The van der Waals surface area contributed by atoms with Crippen LogP contribution in [0.4, 0.5) is 5.82 Å². The maximum Gasteiger partial charge on any atom is 0.295 e. The molecule has 1 fully saturated rings. The number of aliphatic hydroxyl groups is 1. The van der Waals surface area contributed by atoms with Crippen molar-refractivity contribution in [3.8, 4) is 0 Å². The first kappa shape index (κ1) is 24.0. The first-order valence-corrected chi connectivity index (χ1v) is 12.5. The lowest BCUT2D eigenvalue weighted by Crippen LogP contribution is -2.46. The Morgan fingerprint density at radius 1 is 1.39 bits per heavy atom. The molecule has 1 aliphatic heterocycles. The van der Waals surface area contributed by atoms with E-state index in [2.05, 4.69) is 27.0 Å². The number of unbranched alkanes of at least 4 members (excludes halogenated alkanes) is 2. The largest absolute Gasteiger partial charge is 0.382 e. The summed E-state index contributed by atoms with van der Waals surface area (Å²) in [6.45, 7) is 6.96. The van der Waals surface area contributed by atoms with E-state index in [1.807, 2.05) is 13.8 Å². The van der Waals surface area contributed by atoms with Gasteiger partial charge in [0.1, 0.15) is 24.3 Å². The molecule has 0 spiro atoms. The van der Waals surface area contributed by atoms with Crippen LogP contribution in [-0.2, 0) is 25.1 Å². The molecule has 0 bridgehead atoms. The molecule has 4 atom stereocenters. The van der Waals surface area contributed by atoms with Crippen LogP contribution in [0.25, 0.3) is 11.2 Å². The van der Waals surface area contributed by atoms with E-state index in [1.54, 1.807) is 10.9 Å². The van der Waals surface area contributed by atoms with Crippen molar-refractivity contribution >= 4 is 24.5 Å². The number of hydrogen-bond donors (Lipinski definition) is 3. The van der Waals surface area contributed by atoms with Gasteiger partial charge in [0.15, 0.2) is 17.8 Å². The molecule has 0 radical (unpaired) electrons. The number of aromatic nitrogens is 4. The van der Waals surface area contributed by atoms with Gasteiger partial charge in [0.25, 0.3) is 7.52 Å². The highest BCUT2D eigenvalue weighted by Gasteiger charge is 2.37. The summed E-state index contributed by atoms with van der Waals surface area (Å²) in [6, 6.07) is -0.537. The summed E-state index contributed by atoms with van der Waals surface area (Å²) in [7, 11) is -3.29. The van der Waals surface area contributed by atoms with E-state index in [0.717, 1.165) is 19.3 Å². The zero-order chi connectivity index (χ0) is 22.4. The first-order valence-electron chi connectivity index (χ1n) is 10.7. The van der Waals surface area contributed by atoms with Gasteiger partial charge in [0, 0.05) is 6.61 Å². The number of nitrogen functional groups attached to an aromatic ring is 1. The molecule has 11 nitrogen and oxygen atoms in total. The van der Waals surface area contributed by atoms with Crippen molar-refractivity contribution in [1.82, 2.24) is 24.6 Å². The van der Waals surface area contributed by atoms with Crippen LogP contribution in [0.15, 0.2) is 12.7 Å². The van der Waals surface area contributed by atoms with Crippen LogP contribution in [0.1, 0.15) is 40.0 Å². The van der Waals surface area contributed by atoms with E-state index in [1.165, 1.54) is 6.33 Å². The molecule has 1 saturated heterocycles. The standard InChI is InChI=1S/C19H33N6O5P/c1-4-5-6-7-28-19(26)15(13(2)3)24-31(27)12-29-14(9-30-31)8-25-11-23-16-17(20)21-10-22-18(16)25/h10-11,13-15,19,26H,4-9,12H2,1-3H3,(H,24,27)(H2,20,21,22)/t14-,15-,19?,31?/m0/s1. The van der Waals surface area contributed by atoms with Crippen LogP contribution in [-0.4, -0.2) is 62.6 Å². The molecular weight excluding hydrogens is 423 g/mol. The molecule has 0 saturated carbocycles. The highest BCUT2D eigenvalue weighted by Crippen LogP contribution is 2.47. The normalized spacial score (nSPS) is 24.0. The third kappa shape index (κ3) is 6.21. The van der Waals surface area contributed by atoms with Gasteiger partial charge in [0.2, 0.25) is 0 Å². The van der Waals surface area contributed by atoms with Gasteiger partial charge in [-0.3, -0.25) is 4.57 Å². The fourth-order valence-corrected chi connectivity index (χ4v) is 5.27. The number of anilines is 1. The number of ether oxygens (including phenoxy) is 2. The molecule has 3 rings (SSSR count). The second-order valence-electron chi connectivity index (χ2n) is 8.08. The maximum absolute atomic E-state index is 13.2. The SMILES string of the molecule is CCCCCOC(O)[C@@H](NP1(=O)CO[C@@H](Cn2cnc3c(N)ncnc32)CO1)C(C)C.